The number of hydrogen-bond donors (Lipinski definition) is 3. The van der Waals surface area contributed by atoms with E-state index in [0.717, 1.165) is 32.9 Å². The van der Waals surface area contributed by atoms with Crippen LogP contribution in [0.2, 0.25) is 0 Å². The third-order valence-electron chi connectivity index (χ3n) is 3.96. The van der Waals surface area contributed by atoms with Crippen LogP contribution in [0.1, 0.15) is 11.1 Å². The van der Waals surface area contributed by atoms with E-state index in [1.165, 1.54) is 0 Å². The molecule has 1 aliphatic heterocycles. The van der Waals surface area contributed by atoms with Crippen LogP contribution in [0.4, 0.5) is 11.4 Å². The van der Waals surface area contributed by atoms with Crippen molar-refractivity contribution in [3.05, 3.63) is 82.2 Å². The monoisotopic (exact) mass is 301 g/mol. The van der Waals surface area contributed by atoms with Crippen LogP contribution in [0, 0.1) is 0 Å². The van der Waals surface area contributed by atoms with Crippen molar-refractivity contribution in [2.75, 3.05) is 5.32 Å². The van der Waals surface area contributed by atoms with E-state index >= 15 is 0 Å². The highest BCUT2D eigenvalue weighted by atomic mass is 16.3. The van der Waals surface area contributed by atoms with Gasteiger partial charge in [0.2, 0.25) is 0 Å². The molecule has 3 heteroatoms. The fourth-order valence-corrected chi connectivity index (χ4v) is 2.67. The van der Waals surface area contributed by atoms with Gasteiger partial charge in [-0.2, -0.15) is 0 Å². The van der Waals surface area contributed by atoms with Gasteiger partial charge in [-0.25, -0.2) is 0 Å². The molecule has 0 bridgehead atoms. The Morgan fingerprint density at radius 3 is 1.96 bits per heavy atom. The minimum Gasteiger partial charge on any atom is -0.507 e. The summed E-state index contributed by atoms with van der Waals surface area (Å²) in [6, 6.07) is 18.5. The topological polar surface area (TPSA) is 62.4 Å². The molecule has 3 N–H and O–H groups in total. The Hall–Kier alpha value is -3.20. The zero-order valence-electron chi connectivity index (χ0n) is 12.3. The van der Waals surface area contributed by atoms with E-state index in [1.807, 2.05) is 48.6 Å². The average molecular weight is 301 g/mol. The standard InChI is InChI=1S/C20H15NO2/c22-18-7-3-1-5-14(18)11-13-9-10-17-20(21-17)16(13)12-15-6-2-4-8-19(15)23/h1-12,21-23H. The molecule has 0 aromatic heterocycles. The van der Waals surface area contributed by atoms with Gasteiger partial charge in [0.05, 0.1) is 11.4 Å². The van der Waals surface area contributed by atoms with Crippen molar-refractivity contribution < 1.29 is 10.2 Å². The first-order chi connectivity index (χ1) is 11.2. The number of aromatic hydroxyl groups is 2. The number of hydrogen-bond acceptors (Lipinski definition) is 3. The minimum atomic E-state index is 0.249. The maximum absolute atomic E-state index is 10.0. The maximum atomic E-state index is 10.0. The van der Waals surface area contributed by atoms with Gasteiger partial charge >= 0.3 is 0 Å². The van der Waals surface area contributed by atoms with Gasteiger partial charge in [0, 0.05) is 16.3 Å². The van der Waals surface area contributed by atoms with Crippen molar-refractivity contribution in [2.45, 2.75) is 0 Å². The van der Waals surface area contributed by atoms with Gasteiger partial charge in [-0.3, -0.25) is 0 Å². The number of phenols is 2. The SMILES string of the molecule is Oc1ccccc1C=c1ccc2c(c1=Cc1ccccc1O)N2. The van der Waals surface area contributed by atoms with Crippen molar-refractivity contribution in [3.8, 4) is 11.5 Å². The summed E-state index contributed by atoms with van der Waals surface area (Å²) >= 11 is 0. The smallest absolute Gasteiger partial charge is 0.122 e. The van der Waals surface area contributed by atoms with Crippen LogP contribution in [-0.2, 0) is 0 Å². The molecule has 3 aromatic carbocycles. The summed E-state index contributed by atoms with van der Waals surface area (Å²) in [5, 5.41) is 25.2. The number of benzene rings is 3. The number of anilines is 2. The molecule has 0 fully saturated rings. The lowest BCUT2D eigenvalue weighted by Crippen LogP contribution is -2.23. The van der Waals surface area contributed by atoms with Crippen molar-refractivity contribution in [3.63, 3.8) is 0 Å². The Morgan fingerprint density at radius 1 is 0.696 bits per heavy atom. The van der Waals surface area contributed by atoms with Gasteiger partial charge in [0.25, 0.3) is 0 Å². The van der Waals surface area contributed by atoms with Gasteiger partial charge in [-0.1, -0.05) is 42.5 Å². The van der Waals surface area contributed by atoms with Crippen molar-refractivity contribution >= 4 is 23.5 Å². The summed E-state index contributed by atoms with van der Waals surface area (Å²) in [6.07, 6.45) is 3.90. The van der Waals surface area contributed by atoms with E-state index in [1.54, 1.807) is 24.3 Å². The van der Waals surface area contributed by atoms with Crippen LogP contribution in [-0.4, -0.2) is 10.2 Å². The molecule has 23 heavy (non-hydrogen) atoms. The average Bonchev–Trinajstić information content (AvgIpc) is 3.33. The van der Waals surface area contributed by atoms with Crippen LogP contribution in [0.25, 0.3) is 12.2 Å². The van der Waals surface area contributed by atoms with Crippen LogP contribution in [0.15, 0.2) is 60.7 Å². The largest absolute Gasteiger partial charge is 0.507 e. The fourth-order valence-electron chi connectivity index (χ4n) is 2.67. The van der Waals surface area contributed by atoms with Gasteiger partial charge in [-0.05, 0) is 35.6 Å². The van der Waals surface area contributed by atoms with E-state index in [-0.39, 0.29) is 11.5 Å². The molecule has 1 heterocycles. The van der Waals surface area contributed by atoms with E-state index in [4.69, 9.17) is 0 Å². The third-order valence-corrected chi connectivity index (χ3v) is 3.96. The van der Waals surface area contributed by atoms with Crippen LogP contribution in [0.5, 0.6) is 11.5 Å². The van der Waals surface area contributed by atoms with Crippen molar-refractivity contribution in [1.82, 2.24) is 0 Å². The van der Waals surface area contributed by atoms with E-state index in [0.29, 0.717) is 0 Å². The van der Waals surface area contributed by atoms with Crippen LogP contribution < -0.4 is 15.8 Å². The number of rotatable bonds is 2. The number of nitrogens with one attached hydrogen (secondary N) is 1. The van der Waals surface area contributed by atoms with Crippen LogP contribution in [0.3, 0.4) is 0 Å². The molecule has 3 nitrogen and oxygen atoms in total. The van der Waals surface area contributed by atoms with E-state index in [9.17, 15) is 10.2 Å². The summed E-state index contributed by atoms with van der Waals surface area (Å²) < 4.78 is 0. The molecule has 0 aliphatic carbocycles. The summed E-state index contributed by atoms with van der Waals surface area (Å²) in [6.45, 7) is 0. The van der Waals surface area contributed by atoms with Gasteiger partial charge in [-0.15, -0.1) is 0 Å². The summed E-state index contributed by atoms with van der Waals surface area (Å²) in [5.41, 5.74) is 3.69. The molecule has 0 unspecified atom stereocenters. The van der Waals surface area contributed by atoms with E-state index < -0.39 is 0 Å². The Labute approximate surface area is 133 Å². The lowest BCUT2D eigenvalue weighted by atomic mass is 10.1. The zero-order valence-corrected chi connectivity index (χ0v) is 12.3. The number of fused-ring (bicyclic) bond motifs is 1. The minimum absolute atomic E-state index is 0.249. The first-order valence-electron chi connectivity index (χ1n) is 7.42. The Morgan fingerprint density at radius 2 is 1.30 bits per heavy atom. The van der Waals surface area contributed by atoms with Crippen LogP contribution >= 0.6 is 0 Å². The Bertz CT molecular complexity index is 1020. The number of phenolic OH excluding ortho intramolecular Hbond substituents is 2. The molecule has 3 aromatic rings. The second-order valence-electron chi connectivity index (χ2n) is 5.52. The summed E-state index contributed by atoms with van der Waals surface area (Å²) in [7, 11) is 0. The molecule has 0 radical (unpaired) electrons. The van der Waals surface area contributed by atoms with Crippen molar-refractivity contribution in [1.29, 1.82) is 0 Å². The molecule has 1 aliphatic rings. The molecule has 0 spiro atoms. The molecule has 0 saturated carbocycles. The highest BCUT2D eigenvalue weighted by Crippen LogP contribution is 2.33. The second-order valence-corrected chi connectivity index (χ2v) is 5.52. The normalized spacial score (nSPS) is 13.6. The second kappa shape index (κ2) is 5.21. The Balaban J connectivity index is 1.96. The molecule has 0 atom stereocenters. The van der Waals surface area contributed by atoms with E-state index in [2.05, 4.69) is 5.32 Å². The lowest BCUT2D eigenvalue weighted by molar-refractivity contribution is 0.473. The first kappa shape index (κ1) is 13.5. The van der Waals surface area contributed by atoms with Gasteiger partial charge < -0.3 is 15.5 Å². The molecular formula is C20H15NO2. The quantitative estimate of drug-likeness (QED) is 0.499. The molecule has 0 amide bonds. The highest BCUT2D eigenvalue weighted by Gasteiger charge is 2.17. The Kier molecular flexibility index (Phi) is 3.05. The summed E-state index contributed by atoms with van der Waals surface area (Å²) in [5.74, 6) is 0.498. The third kappa shape index (κ3) is 2.53. The molecule has 4 rings (SSSR count). The highest BCUT2D eigenvalue weighted by molar-refractivity contribution is 5.91. The van der Waals surface area contributed by atoms with Gasteiger partial charge in [0.15, 0.2) is 0 Å². The summed E-state index contributed by atoms with van der Waals surface area (Å²) in [4.78, 5) is 0. The first-order valence-corrected chi connectivity index (χ1v) is 7.42. The molecule has 0 saturated heterocycles. The zero-order chi connectivity index (χ0) is 15.8. The predicted molar refractivity (Wildman–Crippen MR) is 92.3 cm³/mol. The molecule has 112 valence electrons. The lowest BCUT2D eigenvalue weighted by Gasteiger charge is -1.99. The fraction of sp³-hybridized carbons (Fsp3) is 0. The van der Waals surface area contributed by atoms with Crippen molar-refractivity contribution in [2.24, 2.45) is 0 Å². The number of para-hydroxylation sites is 2. The predicted octanol–water partition coefficient (Wildman–Crippen LogP) is 2.81. The molecular weight excluding hydrogens is 286 g/mol. The van der Waals surface area contributed by atoms with Gasteiger partial charge in [0.1, 0.15) is 11.5 Å². The maximum Gasteiger partial charge on any atom is 0.122 e.